The average Bonchev–Trinajstić information content (AvgIpc) is 2.90. The lowest BCUT2D eigenvalue weighted by Crippen LogP contribution is -2.28. The molecule has 0 saturated heterocycles. The van der Waals surface area contributed by atoms with Crippen molar-refractivity contribution < 1.29 is 0 Å². The highest BCUT2D eigenvalue weighted by Crippen LogP contribution is 2.35. The van der Waals surface area contributed by atoms with E-state index in [9.17, 15) is 0 Å². The zero-order valence-corrected chi connectivity index (χ0v) is 13.3. The molecule has 1 aliphatic heterocycles. The van der Waals surface area contributed by atoms with Crippen molar-refractivity contribution in [3.05, 3.63) is 56.8 Å². The van der Waals surface area contributed by atoms with Crippen molar-refractivity contribution in [1.29, 1.82) is 0 Å². The Bertz CT molecular complexity index is 551. The van der Waals surface area contributed by atoms with Gasteiger partial charge in [0, 0.05) is 15.5 Å². The molecule has 2 heterocycles. The number of aryl methyl sites for hydroxylation is 2. The molecule has 0 radical (unpaired) electrons. The van der Waals surface area contributed by atoms with Gasteiger partial charge >= 0.3 is 0 Å². The van der Waals surface area contributed by atoms with E-state index in [4.69, 9.17) is 5.84 Å². The Morgan fingerprint density at radius 1 is 1.30 bits per heavy atom. The minimum Gasteiger partial charge on any atom is -0.271 e. The molecule has 3 rings (SSSR count). The van der Waals surface area contributed by atoms with E-state index < -0.39 is 0 Å². The first kappa shape index (κ1) is 14.1. The second kappa shape index (κ2) is 6.31. The number of rotatable bonds is 4. The average molecular weight is 304 g/mol. The summed E-state index contributed by atoms with van der Waals surface area (Å²) in [6.07, 6.45) is 2.16. The lowest BCUT2D eigenvalue weighted by Gasteiger charge is -2.14. The minimum atomic E-state index is 0.221. The predicted octanol–water partition coefficient (Wildman–Crippen LogP) is 3.59. The summed E-state index contributed by atoms with van der Waals surface area (Å²) in [5.74, 6) is 8.21. The molecular weight excluding hydrogens is 284 g/mol. The van der Waals surface area contributed by atoms with Crippen LogP contribution in [-0.2, 0) is 18.6 Å². The maximum Gasteiger partial charge on any atom is 0.0593 e. The van der Waals surface area contributed by atoms with Crippen LogP contribution in [0, 0.1) is 6.92 Å². The maximum absolute atomic E-state index is 5.79. The number of nitrogens with two attached hydrogens (primary N) is 1. The van der Waals surface area contributed by atoms with Crippen molar-refractivity contribution in [2.75, 3.05) is 5.75 Å². The summed E-state index contributed by atoms with van der Waals surface area (Å²) in [7, 11) is 0. The fourth-order valence-corrected chi connectivity index (χ4v) is 4.98. The summed E-state index contributed by atoms with van der Waals surface area (Å²) in [5, 5.41) is 0. The van der Waals surface area contributed by atoms with Crippen molar-refractivity contribution in [1.82, 2.24) is 5.43 Å². The van der Waals surface area contributed by atoms with Gasteiger partial charge in [-0.1, -0.05) is 29.8 Å². The van der Waals surface area contributed by atoms with Crippen LogP contribution in [0.5, 0.6) is 0 Å². The molecule has 0 spiro atoms. The highest BCUT2D eigenvalue weighted by Gasteiger charge is 2.19. The highest BCUT2D eigenvalue weighted by molar-refractivity contribution is 7.98. The molecule has 2 nitrogen and oxygen atoms in total. The molecule has 1 atom stereocenters. The number of benzene rings is 1. The summed E-state index contributed by atoms with van der Waals surface area (Å²) in [6.45, 7) is 2.12. The molecule has 4 heteroatoms. The fourth-order valence-electron chi connectivity index (χ4n) is 2.54. The molecule has 0 bridgehead atoms. The zero-order chi connectivity index (χ0) is 13.9. The quantitative estimate of drug-likeness (QED) is 0.669. The number of thioether (sulfide) groups is 1. The first-order chi connectivity index (χ1) is 9.76. The third-order valence-electron chi connectivity index (χ3n) is 3.75. The van der Waals surface area contributed by atoms with Crippen molar-refractivity contribution in [2.45, 2.75) is 31.6 Å². The Kier molecular flexibility index (Phi) is 4.46. The molecule has 1 aromatic carbocycles. The standard InChI is InChI=1S/C16H20N2S2/c1-11-2-4-12(5-3-11)8-14(18-17)16-9-13-10-19-7-6-15(13)20-16/h2-5,9,14,18H,6-8,10,17H2,1H3. The number of thiophene rings is 1. The van der Waals surface area contributed by atoms with Crippen LogP contribution in [0.2, 0.25) is 0 Å². The Morgan fingerprint density at radius 3 is 2.80 bits per heavy atom. The summed E-state index contributed by atoms with van der Waals surface area (Å²) in [4.78, 5) is 2.93. The van der Waals surface area contributed by atoms with Crippen molar-refractivity contribution in [2.24, 2.45) is 5.84 Å². The minimum absolute atomic E-state index is 0.221. The molecule has 0 aliphatic carbocycles. The maximum atomic E-state index is 5.79. The Balaban J connectivity index is 1.79. The van der Waals surface area contributed by atoms with Crippen LogP contribution in [-0.4, -0.2) is 5.75 Å². The molecule has 0 amide bonds. The van der Waals surface area contributed by atoms with Gasteiger partial charge in [0.15, 0.2) is 0 Å². The van der Waals surface area contributed by atoms with E-state index in [0.717, 1.165) is 12.2 Å². The molecule has 1 aliphatic rings. The van der Waals surface area contributed by atoms with E-state index in [0.29, 0.717) is 0 Å². The van der Waals surface area contributed by atoms with Crippen LogP contribution < -0.4 is 11.3 Å². The van der Waals surface area contributed by atoms with Crippen LogP contribution >= 0.6 is 23.1 Å². The van der Waals surface area contributed by atoms with Gasteiger partial charge in [-0.15, -0.1) is 11.3 Å². The number of hydrogen-bond acceptors (Lipinski definition) is 4. The SMILES string of the molecule is Cc1ccc(CC(NN)c2cc3c(s2)CCSC3)cc1. The zero-order valence-electron chi connectivity index (χ0n) is 11.7. The van der Waals surface area contributed by atoms with Gasteiger partial charge in [0.1, 0.15) is 0 Å². The highest BCUT2D eigenvalue weighted by atomic mass is 32.2. The van der Waals surface area contributed by atoms with Gasteiger partial charge in [0.05, 0.1) is 6.04 Å². The van der Waals surface area contributed by atoms with Gasteiger partial charge in [-0.25, -0.2) is 0 Å². The topological polar surface area (TPSA) is 38.0 Å². The number of nitrogens with one attached hydrogen (secondary N) is 1. The Morgan fingerprint density at radius 2 is 2.10 bits per heavy atom. The van der Waals surface area contributed by atoms with Crippen molar-refractivity contribution in [3.63, 3.8) is 0 Å². The summed E-state index contributed by atoms with van der Waals surface area (Å²) < 4.78 is 0. The van der Waals surface area contributed by atoms with E-state index in [-0.39, 0.29) is 6.04 Å². The normalized spacial score (nSPS) is 15.9. The van der Waals surface area contributed by atoms with Gasteiger partial charge in [-0.05, 0) is 42.7 Å². The lowest BCUT2D eigenvalue weighted by molar-refractivity contribution is 0.560. The van der Waals surface area contributed by atoms with E-state index in [1.54, 1.807) is 4.88 Å². The molecule has 1 aromatic heterocycles. The van der Waals surface area contributed by atoms with Gasteiger partial charge in [-0.3, -0.25) is 11.3 Å². The Hall–Kier alpha value is -0.810. The Labute approximate surface area is 128 Å². The smallest absolute Gasteiger partial charge is 0.0593 e. The van der Waals surface area contributed by atoms with E-state index >= 15 is 0 Å². The molecule has 0 saturated carbocycles. The molecule has 106 valence electrons. The van der Waals surface area contributed by atoms with Gasteiger partial charge in [-0.2, -0.15) is 11.8 Å². The van der Waals surface area contributed by atoms with E-state index in [2.05, 4.69) is 42.7 Å². The molecule has 20 heavy (non-hydrogen) atoms. The largest absolute Gasteiger partial charge is 0.271 e. The molecular formula is C16H20N2S2. The molecule has 2 aromatic rings. The van der Waals surface area contributed by atoms with Gasteiger partial charge in [0.25, 0.3) is 0 Å². The fraction of sp³-hybridized carbons (Fsp3) is 0.375. The third-order valence-corrected chi connectivity index (χ3v) is 6.11. The summed E-state index contributed by atoms with van der Waals surface area (Å²) in [5.41, 5.74) is 7.15. The predicted molar refractivity (Wildman–Crippen MR) is 89.1 cm³/mol. The van der Waals surface area contributed by atoms with Crippen molar-refractivity contribution >= 4 is 23.1 Å². The molecule has 0 fully saturated rings. The van der Waals surface area contributed by atoms with Crippen molar-refractivity contribution in [3.8, 4) is 0 Å². The van der Waals surface area contributed by atoms with Crippen LogP contribution in [0.15, 0.2) is 30.3 Å². The number of hydrazine groups is 1. The van der Waals surface area contributed by atoms with Crippen LogP contribution in [0.25, 0.3) is 0 Å². The number of fused-ring (bicyclic) bond motifs is 1. The molecule has 1 unspecified atom stereocenters. The van der Waals surface area contributed by atoms with Crippen LogP contribution in [0.1, 0.15) is 32.5 Å². The first-order valence-corrected chi connectivity index (χ1v) is 8.94. The van der Waals surface area contributed by atoms with E-state index in [1.165, 1.54) is 33.7 Å². The van der Waals surface area contributed by atoms with E-state index in [1.807, 2.05) is 23.1 Å². The second-order valence-corrected chi connectivity index (χ2v) is 7.58. The summed E-state index contributed by atoms with van der Waals surface area (Å²) >= 11 is 3.97. The van der Waals surface area contributed by atoms with Crippen LogP contribution in [0.3, 0.4) is 0 Å². The lowest BCUT2D eigenvalue weighted by atomic mass is 10.0. The van der Waals surface area contributed by atoms with Gasteiger partial charge in [0.2, 0.25) is 0 Å². The number of hydrogen-bond donors (Lipinski definition) is 2. The molecule has 3 N–H and O–H groups in total. The van der Waals surface area contributed by atoms with Gasteiger partial charge < -0.3 is 0 Å². The monoisotopic (exact) mass is 304 g/mol. The second-order valence-electron chi connectivity index (χ2n) is 5.31. The van der Waals surface area contributed by atoms with Crippen LogP contribution in [0.4, 0.5) is 0 Å². The first-order valence-electron chi connectivity index (χ1n) is 6.97. The summed E-state index contributed by atoms with van der Waals surface area (Å²) in [6, 6.07) is 11.3. The third kappa shape index (κ3) is 3.09.